The molecule has 0 aliphatic rings. The first-order valence-electron chi connectivity index (χ1n) is 3.28. The first-order chi connectivity index (χ1) is 6.58. The van der Waals surface area contributed by atoms with E-state index in [1.807, 2.05) is 0 Å². The lowest BCUT2D eigenvalue weighted by atomic mass is 10.3. The molecule has 0 unspecified atom stereocenters. The quantitative estimate of drug-likeness (QED) is 0.161. The van der Waals surface area contributed by atoms with E-state index in [9.17, 15) is 14.4 Å². The van der Waals surface area contributed by atoms with E-state index in [0.717, 1.165) is 14.2 Å². The number of esters is 2. The minimum atomic E-state index is -1.36. The van der Waals surface area contributed by atoms with Crippen molar-refractivity contribution in [1.82, 2.24) is 0 Å². The van der Waals surface area contributed by atoms with Crippen LogP contribution in [0.4, 0.5) is 0 Å². The van der Waals surface area contributed by atoms with Crippen LogP contribution < -0.4 is 0 Å². The molecule has 0 saturated carbocycles. The van der Waals surface area contributed by atoms with Gasteiger partial charge in [-0.15, -0.1) is 0 Å². The van der Waals surface area contributed by atoms with Crippen LogP contribution in [0.15, 0.2) is 11.5 Å². The molecule has 0 bridgehead atoms. The van der Waals surface area contributed by atoms with Gasteiger partial charge in [-0.3, -0.25) is 4.79 Å². The zero-order chi connectivity index (χ0) is 11.1. The fourth-order valence-electron chi connectivity index (χ4n) is 0.565. The second-order valence-electron chi connectivity index (χ2n) is 1.88. The van der Waals surface area contributed by atoms with Crippen molar-refractivity contribution in [2.45, 2.75) is 0 Å². The molecule has 0 aliphatic heterocycles. The minimum absolute atomic E-state index is 0.186. The fourth-order valence-corrected chi connectivity index (χ4v) is 0.565. The van der Waals surface area contributed by atoms with Crippen LogP contribution in [0.2, 0.25) is 0 Å². The largest absolute Gasteiger partial charge is 0.480 e. The summed E-state index contributed by atoms with van der Waals surface area (Å²) in [4.78, 5) is 31.6. The van der Waals surface area contributed by atoms with Crippen molar-refractivity contribution >= 4 is 18.4 Å². The predicted octanol–water partition coefficient (Wildman–Crippen LogP) is -0.725. The molecule has 1 N–H and O–H groups in total. The van der Waals surface area contributed by atoms with Crippen LogP contribution in [0, 0.1) is 0 Å². The van der Waals surface area contributed by atoms with Gasteiger partial charge < -0.3 is 19.3 Å². The Labute approximate surface area is 78.9 Å². The van der Waals surface area contributed by atoms with Gasteiger partial charge in [0.15, 0.2) is 0 Å². The number of rotatable bonds is 4. The third kappa shape index (κ3) is 2.77. The van der Waals surface area contributed by atoms with Gasteiger partial charge in [-0.25, -0.2) is 9.59 Å². The monoisotopic (exact) mass is 204 g/mol. The highest BCUT2D eigenvalue weighted by Crippen LogP contribution is 2.06. The molecule has 0 amide bonds. The molecule has 0 aromatic heterocycles. The molecule has 14 heavy (non-hydrogen) atoms. The number of hydrogen-bond donors (Lipinski definition) is 1. The van der Waals surface area contributed by atoms with Crippen LogP contribution >= 0.6 is 0 Å². The van der Waals surface area contributed by atoms with Crippen LogP contribution in [0.3, 0.4) is 0 Å². The van der Waals surface area contributed by atoms with E-state index < -0.39 is 23.5 Å². The molecule has 0 atom stereocenters. The summed E-state index contributed by atoms with van der Waals surface area (Å²) in [5.74, 6) is -3.51. The Kier molecular flexibility index (Phi) is 4.76. The summed E-state index contributed by atoms with van der Waals surface area (Å²) in [6.07, 6.45) is 0. The number of carbonyl (C=O) groups is 3. The summed E-state index contributed by atoms with van der Waals surface area (Å²) in [5, 5.41) is 8.96. The van der Waals surface area contributed by atoms with Crippen molar-refractivity contribution in [1.29, 1.82) is 0 Å². The number of aliphatic hydroxyl groups is 1. The molecule has 7 heteroatoms. The SMILES string of the molecule is COC(=O)/C(C(=O)OC=O)=C(/O)OC. The predicted molar refractivity (Wildman–Crippen MR) is 40.8 cm³/mol. The molecule has 7 nitrogen and oxygen atoms in total. The lowest BCUT2D eigenvalue weighted by Gasteiger charge is -2.04. The van der Waals surface area contributed by atoms with Crippen molar-refractivity contribution in [3.8, 4) is 0 Å². The van der Waals surface area contributed by atoms with Gasteiger partial charge in [-0.1, -0.05) is 0 Å². The molecule has 0 aromatic rings. The smallest absolute Gasteiger partial charge is 0.360 e. The van der Waals surface area contributed by atoms with Gasteiger partial charge in [0.05, 0.1) is 14.2 Å². The summed E-state index contributed by atoms with van der Waals surface area (Å²) in [7, 11) is 2.01. The van der Waals surface area contributed by atoms with Crippen LogP contribution in [0.1, 0.15) is 0 Å². The summed E-state index contributed by atoms with van der Waals surface area (Å²) in [6.45, 7) is -0.186. The number of methoxy groups -OCH3 is 2. The molecule has 0 spiro atoms. The Hall–Kier alpha value is -2.05. The fraction of sp³-hybridized carbons (Fsp3) is 0.286. The molecule has 0 aliphatic carbocycles. The molecule has 0 rings (SSSR count). The number of hydrogen-bond acceptors (Lipinski definition) is 7. The van der Waals surface area contributed by atoms with E-state index >= 15 is 0 Å². The molecule has 0 radical (unpaired) electrons. The van der Waals surface area contributed by atoms with Gasteiger partial charge in [-0.05, 0) is 0 Å². The Morgan fingerprint density at radius 2 is 1.71 bits per heavy atom. The summed E-state index contributed by atoms with van der Waals surface area (Å²) < 4.78 is 12.2. The average molecular weight is 204 g/mol. The third-order valence-corrected chi connectivity index (χ3v) is 1.16. The maximum absolute atomic E-state index is 10.9. The molecule has 0 heterocycles. The summed E-state index contributed by atoms with van der Waals surface area (Å²) in [5.41, 5.74) is -0.887. The maximum atomic E-state index is 10.9. The van der Waals surface area contributed by atoms with E-state index in [2.05, 4.69) is 14.2 Å². The van der Waals surface area contributed by atoms with E-state index in [1.54, 1.807) is 0 Å². The van der Waals surface area contributed by atoms with E-state index in [-0.39, 0.29) is 6.47 Å². The highest BCUT2D eigenvalue weighted by molar-refractivity contribution is 6.15. The van der Waals surface area contributed by atoms with Gasteiger partial charge in [0.2, 0.25) is 5.57 Å². The Morgan fingerprint density at radius 1 is 1.14 bits per heavy atom. The van der Waals surface area contributed by atoms with Crippen LogP contribution in [-0.4, -0.2) is 37.7 Å². The minimum Gasteiger partial charge on any atom is -0.480 e. The standard InChI is InChI=1S/C7H8O7/c1-12-5(9)4(6(10)13-2)7(11)14-3-8/h3,9H,1-2H3/b5-4+. The lowest BCUT2D eigenvalue weighted by molar-refractivity contribution is -0.151. The van der Waals surface area contributed by atoms with Gasteiger partial charge >= 0.3 is 18.4 Å². The average Bonchev–Trinajstić information content (AvgIpc) is 2.17. The zero-order valence-electron chi connectivity index (χ0n) is 7.47. The number of carbonyl (C=O) groups excluding carboxylic acids is 3. The van der Waals surface area contributed by atoms with E-state index in [4.69, 9.17) is 5.11 Å². The van der Waals surface area contributed by atoms with Crippen molar-refractivity contribution in [2.24, 2.45) is 0 Å². The van der Waals surface area contributed by atoms with E-state index in [1.165, 1.54) is 0 Å². The molecule has 0 aromatic carbocycles. The van der Waals surface area contributed by atoms with Crippen LogP contribution in [0.5, 0.6) is 0 Å². The van der Waals surface area contributed by atoms with Crippen LogP contribution in [-0.2, 0) is 28.6 Å². The molecular formula is C7H8O7. The Bertz CT molecular complexity index is 278. The second-order valence-corrected chi connectivity index (χ2v) is 1.88. The number of ether oxygens (including phenoxy) is 3. The van der Waals surface area contributed by atoms with Crippen molar-refractivity contribution in [3.63, 3.8) is 0 Å². The molecule has 0 fully saturated rings. The highest BCUT2D eigenvalue weighted by atomic mass is 16.6. The van der Waals surface area contributed by atoms with Crippen molar-refractivity contribution < 1.29 is 33.7 Å². The van der Waals surface area contributed by atoms with Gasteiger partial charge in [0, 0.05) is 0 Å². The summed E-state index contributed by atoms with van der Waals surface area (Å²) in [6, 6.07) is 0. The third-order valence-electron chi connectivity index (χ3n) is 1.16. The highest BCUT2D eigenvalue weighted by Gasteiger charge is 2.27. The zero-order valence-corrected chi connectivity index (χ0v) is 7.47. The Morgan fingerprint density at radius 3 is 2.07 bits per heavy atom. The van der Waals surface area contributed by atoms with Crippen molar-refractivity contribution in [3.05, 3.63) is 11.5 Å². The first kappa shape index (κ1) is 11.9. The number of aliphatic hydroxyl groups excluding tert-OH is 1. The normalized spacial score (nSPS) is 11.0. The van der Waals surface area contributed by atoms with Gasteiger partial charge in [0.25, 0.3) is 5.95 Å². The molecule has 0 saturated heterocycles. The lowest BCUT2D eigenvalue weighted by Crippen LogP contribution is -2.19. The van der Waals surface area contributed by atoms with E-state index in [0.29, 0.717) is 0 Å². The summed E-state index contributed by atoms with van der Waals surface area (Å²) >= 11 is 0. The first-order valence-corrected chi connectivity index (χ1v) is 3.28. The van der Waals surface area contributed by atoms with Gasteiger partial charge in [0.1, 0.15) is 0 Å². The van der Waals surface area contributed by atoms with Gasteiger partial charge in [-0.2, -0.15) is 0 Å². The second kappa shape index (κ2) is 5.57. The molecule has 78 valence electrons. The van der Waals surface area contributed by atoms with Crippen molar-refractivity contribution in [2.75, 3.05) is 14.2 Å². The maximum Gasteiger partial charge on any atom is 0.360 e. The van der Waals surface area contributed by atoms with Crippen LogP contribution in [0.25, 0.3) is 0 Å². The topological polar surface area (TPSA) is 99.1 Å². The Balaban J connectivity index is 5.01. The molecular weight excluding hydrogens is 196 g/mol.